The van der Waals surface area contributed by atoms with E-state index in [0.29, 0.717) is 6.61 Å². The third-order valence-corrected chi connectivity index (χ3v) is 5.96. The van der Waals surface area contributed by atoms with E-state index >= 15 is 0 Å². The number of carbonyl (C=O) groups is 1. The van der Waals surface area contributed by atoms with Crippen LogP contribution in [0.25, 0.3) is 0 Å². The van der Waals surface area contributed by atoms with Crippen LogP contribution in [0.4, 0.5) is 0 Å². The Morgan fingerprint density at radius 2 is 1.85 bits per heavy atom. The molecule has 0 aromatic heterocycles. The summed E-state index contributed by atoms with van der Waals surface area (Å²) in [7, 11) is -1.18. The number of carbonyl (C=O) groups excluding carboxylic acids is 1. The van der Waals surface area contributed by atoms with Crippen molar-refractivity contribution in [3.8, 4) is 0 Å². The number of hydrogen-bond donors (Lipinski definition) is 0. The first-order chi connectivity index (χ1) is 12.4. The smallest absolute Gasteiger partial charge is 0.302 e. The van der Waals surface area contributed by atoms with Gasteiger partial charge in [0.2, 0.25) is 0 Å². The second-order valence-corrected chi connectivity index (χ2v) is 14.1. The first-order valence-corrected chi connectivity index (χ1v) is 14.1. The number of hydrogen-bond acceptors (Lipinski definition) is 4. The van der Waals surface area contributed by atoms with Crippen molar-refractivity contribution in [2.75, 3.05) is 19.8 Å². The summed E-state index contributed by atoms with van der Waals surface area (Å²) in [4.78, 5) is 11.1. The van der Waals surface area contributed by atoms with Crippen LogP contribution in [0, 0.1) is 0 Å². The van der Waals surface area contributed by atoms with E-state index in [-0.39, 0.29) is 12.3 Å². The van der Waals surface area contributed by atoms with E-state index in [1.807, 2.05) is 0 Å². The van der Waals surface area contributed by atoms with Gasteiger partial charge in [-0.2, -0.15) is 0 Å². The van der Waals surface area contributed by atoms with Crippen molar-refractivity contribution >= 4 is 14.0 Å². The van der Waals surface area contributed by atoms with Gasteiger partial charge < -0.3 is 14.2 Å². The Morgan fingerprint density at radius 1 is 1.12 bits per heavy atom. The first kappa shape index (κ1) is 23.4. The molecule has 4 nitrogen and oxygen atoms in total. The second-order valence-electron chi connectivity index (χ2n) is 8.60. The molecule has 1 unspecified atom stereocenters. The molecule has 0 aromatic rings. The van der Waals surface area contributed by atoms with Crippen molar-refractivity contribution < 1.29 is 19.0 Å². The molecule has 0 bridgehead atoms. The van der Waals surface area contributed by atoms with Crippen LogP contribution in [0.3, 0.4) is 0 Å². The lowest BCUT2D eigenvalue weighted by atomic mass is 10.1. The molecule has 26 heavy (non-hydrogen) atoms. The van der Waals surface area contributed by atoms with Gasteiger partial charge in [-0.05, 0) is 50.1 Å². The fraction of sp³-hybridized carbons (Fsp3) is 0.857. The van der Waals surface area contributed by atoms with Gasteiger partial charge in [0, 0.05) is 28.2 Å². The van der Waals surface area contributed by atoms with Crippen molar-refractivity contribution in [2.45, 2.75) is 96.7 Å². The Morgan fingerprint density at radius 3 is 2.50 bits per heavy atom. The Bertz CT molecular complexity index is 409. The molecular formula is C21H40O4Si. The molecule has 1 aliphatic rings. The molecule has 5 heteroatoms. The van der Waals surface area contributed by atoms with Crippen LogP contribution in [0.15, 0.2) is 11.6 Å². The Labute approximate surface area is 161 Å². The SMILES string of the molecule is CC(=O)OC/C(=C/CCCCCCCOC1CCCCO1)C[Si](C)(C)C. The molecule has 1 aliphatic heterocycles. The van der Waals surface area contributed by atoms with Gasteiger partial charge in [0.25, 0.3) is 0 Å². The van der Waals surface area contributed by atoms with Crippen LogP contribution in [0.2, 0.25) is 25.7 Å². The molecule has 0 radical (unpaired) electrons. The normalized spacial score (nSPS) is 18.8. The van der Waals surface area contributed by atoms with E-state index in [1.54, 1.807) is 0 Å². The summed E-state index contributed by atoms with van der Waals surface area (Å²) >= 11 is 0. The van der Waals surface area contributed by atoms with Crippen molar-refractivity contribution in [1.82, 2.24) is 0 Å². The maximum atomic E-state index is 11.1. The minimum absolute atomic E-state index is 0.0518. The summed E-state index contributed by atoms with van der Waals surface area (Å²) in [6.45, 7) is 10.7. The molecule has 1 atom stereocenters. The lowest BCUT2D eigenvalue weighted by molar-refractivity contribution is -0.162. The average molecular weight is 385 g/mol. The highest BCUT2D eigenvalue weighted by Crippen LogP contribution is 2.19. The zero-order valence-corrected chi connectivity index (χ0v) is 18.5. The maximum absolute atomic E-state index is 11.1. The molecule has 152 valence electrons. The lowest BCUT2D eigenvalue weighted by Crippen LogP contribution is -2.22. The summed E-state index contributed by atoms with van der Waals surface area (Å²) in [5.74, 6) is -0.188. The molecule has 0 aromatic carbocycles. The highest BCUT2D eigenvalue weighted by molar-refractivity contribution is 6.76. The third kappa shape index (κ3) is 13.5. The number of ether oxygens (including phenoxy) is 3. The molecule has 0 amide bonds. The Kier molecular flexibility index (Phi) is 12.1. The van der Waals surface area contributed by atoms with Crippen molar-refractivity contribution in [1.29, 1.82) is 0 Å². The van der Waals surface area contributed by atoms with E-state index in [1.165, 1.54) is 51.0 Å². The van der Waals surface area contributed by atoms with Crippen LogP contribution in [-0.4, -0.2) is 40.2 Å². The molecule has 1 fully saturated rings. The topological polar surface area (TPSA) is 44.8 Å². The number of rotatable bonds is 13. The van der Waals surface area contributed by atoms with Crippen LogP contribution in [-0.2, 0) is 19.0 Å². The molecule has 1 heterocycles. The van der Waals surface area contributed by atoms with Gasteiger partial charge in [-0.25, -0.2) is 0 Å². The second kappa shape index (κ2) is 13.5. The molecule has 0 aliphatic carbocycles. The third-order valence-electron chi connectivity index (χ3n) is 4.44. The van der Waals surface area contributed by atoms with E-state index < -0.39 is 8.07 Å². The fourth-order valence-corrected chi connectivity index (χ4v) is 4.81. The van der Waals surface area contributed by atoms with Gasteiger partial charge in [-0.1, -0.05) is 45.0 Å². The molecule has 0 spiro atoms. The maximum Gasteiger partial charge on any atom is 0.302 e. The summed E-state index contributed by atoms with van der Waals surface area (Å²) in [6, 6.07) is 1.11. The van der Waals surface area contributed by atoms with Gasteiger partial charge in [0.15, 0.2) is 6.29 Å². The van der Waals surface area contributed by atoms with Crippen molar-refractivity contribution in [3.63, 3.8) is 0 Å². The van der Waals surface area contributed by atoms with Gasteiger partial charge in [-0.3, -0.25) is 4.79 Å². The van der Waals surface area contributed by atoms with Crippen LogP contribution >= 0.6 is 0 Å². The highest BCUT2D eigenvalue weighted by Gasteiger charge is 2.16. The minimum Gasteiger partial charge on any atom is -0.461 e. The van der Waals surface area contributed by atoms with Crippen LogP contribution < -0.4 is 0 Å². The zero-order valence-electron chi connectivity index (χ0n) is 17.5. The van der Waals surface area contributed by atoms with E-state index in [9.17, 15) is 4.79 Å². The number of allylic oxidation sites excluding steroid dienone is 1. The average Bonchev–Trinajstić information content (AvgIpc) is 2.57. The largest absolute Gasteiger partial charge is 0.461 e. The van der Waals surface area contributed by atoms with Gasteiger partial charge in [0.1, 0.15) is 6.61 Å². The van der Waals surface area contributed by atoms with Crippen molar-refractivity contribution in [2.24, 2.45) is 0 Å². The van der Waals surface area contributed by atoms with Gasteiger partial charge >= 0.3 is 5.97 Å². The molecule has 1 saturated heterocycles. The lowest BCUT2D eigenvalue weighted by Gasteiger charge is -2.22. The predicted molar refractivity (Wildman–Crippen MR) is 110 cm³/mol. The minimum atomic E-state index is -1.18. The quantitative estimate of drug-likeness (QED) is 0.177. The monoisotopic (exact) mass is 384 g/mol. The number of esters is 1. The van der Waals surface area contributed by atoms with Gasteiger partial charge in [0.05, 0.1) is 0 Å². The van der Waals surface area contributed by atoms with E-state index in [2.05, 4.69) is 25.7 Å². The van der Waals surface area contributed by atoms with Crippen LogP contribution in [0.5, 0.6) is 0 Å². The molecule has 0 N–H and O–H groups in total. The Hall–Kier alpha value is -0.653. The van der Waals surface area contributed by atoms with Crippen LogP contribution in [0.1, 0.15) is 64.7 Å². The molecule has 0 saturated carbocycles. The number of unbranched alkanes of at least 4 members (excludes halogenated alkanes) is 5. The molecular weight excluding hydrogens is 344 g/mol. The fourth-order valence-electron chi connectivity index (χ4n) is 3.20. The van der Waals surface area contributed by atoms with Gasteiger partial charge in [-0.15, -0.1) is 0 Å². The zero-order chi connectivity index (χ0) is 19.3. The predicted octanol–water partition coefficient (Wildman–Crippen LogP) is 5.70. The summed E-state index contributed by atoms with van der Waals surface area (Å²) < 4.78 is 16.6. The standard InChI is InChI=1S/C21H40O4Si/c1-19(22)25-17-20(18-26(2,3)4)13-9-7-5-6-8-11-15-23-21-14-10-12-16-24-21/h13,21H,5-12,14-18H2,1-4H3/b20-13-. The van der Waals surface area contributed by atoms with E-state index in [0.717, 1.165) is 38.5 Å². The summed E-state index contributed by atoms with van der Waals surface area (Å²) in [6.07, 6.45) is 13.0. The Balaban J connectivity index is 2.07. The molecule has 1 rings (SSSR count). The summed E-state index contributed by atoms with van der Waals surface area (Å²) in [5.41, 5.74) is 1.31. The first-order valence-electron chi connectivity index (χ1n) is 10.4. The van der Waals surface area contributed by atoms with E-state index in [4.69, 9.17) is 14.2 Å². The summed E-state index contributed by atoms with van der Waals surface area (Å²) in [5, 5.41) is 0. The van der Waals surface area contributed by atoms with Crippen molar-refractivity contribution in [3.05, 3.63) is 11.6 Å². The highest BCUT2D eigenvalue weighted by atomic mass is 28.3.